The molecular weight excluding hydrogens is 408 g/mol. The molecule has 0 amide bonds. The van der Waals surface area contributed by atoms with Crippen LogP contribution in [0.5, 0.6) is 5.75 Å². The molecule has 0 fully saturated rings. The van der Waals surface area contributed by atoms with Gasteiger partial charge in [-0.1, -0.05) is 23.9 Å². The number of nitrogens with zero attached hydrogens (tertiary/aromatic N) is 2. The highest BCUT2D eigenvalue weighted by Crippen LogP contribution is 2.26. The number of rotatable bonds is 7. The molecule has 0 atom stereocenters. The average molecular weight is 427 g/mol. The number of ketones is 1. The van der Waals surface area contributed by atoms with Gasteiger partial charge in [0.2, 0.25) is 0 Å². The number of hydrogen-bond donors (Lipinski definition) is 1. The Morgan fingerprint density at radius 2 is 1.90 bits per heavy atom. The molecule has 0 aliphatic heterocycles. The molecule has 30 heavy (non-hydrogen) atoms. The molecule has 8 heteroatoms. The van der Waals surface area contributed by atoms with Crippen LogP contribution in [0.25, 0.3) is 16.7 Å². The van der Waals surface area contributed by atoms with Crippen LogP contribution in [0.15, 0.2) is 59.8 Å². The summed E-state index contributed by atoms with van der Waals surface area (Å²) in [5.41, 5.74) is 4.88. The van der Waals surface area contributed by atoms with Crippen molar-refractivity contribution in [1.82, 2.24) is 14.5 Å². The molecule has 0 aliphatic carbocycles. The molecule has 4 aromatic rings. The number of imidazole rings is 1. The minimum atomic E-state index is -2.86. The number of H-pyrrole nitrogens is 1. The molecule has 0 saturated heterocycles. The van der Waals surface area contributed by atoms with E-state index in [-0.39, 0.29) is 17.3 Å². The van der Waals surface area contributed by atoms with Crippen molar-refractivity contribution in [3.63, 3.8) is 0 Å². The van der Waals surface area contributed by atoms with Crippen molar-refractivity contribution in [3.8, 4) is 11.4 Å². The summed E-state index contributed by atoms with van der Waals surface area (Å²) in [6.07, 6.45) is 0. The number of benzene rings is 2. The number of nitrogens with one attached hydrogen (secondary N) is 1. The topological polar surface area (TPSA) is 59.9 Å². The first kappa shape index (κ1) is 20.2. The van der Waals surface area contributed by atoms with Gasteiger partial charge in [0.05, 0.1) is 16.8 Å². The fourth-order valence-corrected chi connectivity index (χ4v) is 4.20. The van der Waals surface area contributed by atoms with Gasteiger partial charge in [-0.2, -0.15) is 8.78 Å². The molecule has 4 rings (SSSR count). The number of aromatic nitrogens is 3. The Hall–Kier alpha value is -3.13. The third-order valence-electron chi connectivity index (χ3n) is 4.76. The van der Waals surface area contributed by atoms with E-state index in [0.717, 1.165) is 28.1 Å². The number of thioether (sulfide) groups is 1. The van der Waals surface area contributed by atoms with E-state index in [0.29, 0.717) is 10.7 Å². The maximum absolute atomic E-state index is 12.8. The Balaban J connectivity index is 1.51. The first-order valence-electron chi connectivity index (χ1n) is 9.27. The van der Waals surface area contributed by atoms with Crippen LogP contribution in [-0.2, 0) is 0 Å². The Morgan fingerprint density at radius 3 is 2.60 bits per heavy atom. The zero-order valence-corrected chi connectivity index (χ0v) is 17.2. The number of Topliss-reactive ketones (excluding diaryl/α,β-unsaturated/α-hetero) is 1. The minimum Gasteiger partial charge on any atom is -0.435 e. The number of aromatic amines is 1. The predicted octanol–water partition coefficient (Wildman–Crippen LogP) is 5.55. The normalized spacial score (nSPS) is 11.4. The van der Waals surface area contributed by atoms with Crippen LogP contribution in [0.4, 0.5) is 8.78 Å². The van der Waals surface area contributed by atoms with E-state index in [4.69, 9.17) is 0 Å². The van der Waals surface area contributed by atoms with Gasteiger partial charge in [-0.15, -0.1) is 0 Å². The molecule has 1 N–H and O–H groups in total. The van der Waals surface area contributed by atoms with Crippen molar-refractivity contribution in [1.29, 1.82) is 0 Å². The molecule has 2 heterocycles. The van der Waals surface area contributed by atoms with Crippen molar-refractivity contribution < 1.29 is 18.3 Å². The lowest BCUT2D eigenvalue weighted by Gasteiger charge is -2.11. The van der Waals surface area contributed by atoms with E-state index >= 15 is 0 Å². The molecule has 0 saturated carbocycles. The molecule has 2 aromatic carbocycles. The van der Waals surface area contributed by atoms with Crippen molar-refractivity contribution in [2.45, 2.75) is 25.6 Å². The van der Waals surface area contributed by atoms with Gasteiger partial charge in [-0.3, -0.25) is 4.79 Å². The van der Waals surface area contributed by atoms with Crippen LogP contribution in [0.2, 0.25) is 0 Å². The fourth-order valence-electron chi connectivity index (χ4n) is 3.43. The summed E-state index contributed by atoms with van der Waals surface area (Å²) in [4.78, 5) is 20.5. The Bertz CT molecular complexity index is 1170. The van der Waals surface area contributed by atoms with E-state index in [9.17, 15) is 13.6 Å². The largest absolute Gasteiger partial charge is 0.435 e. The number of halogens is 2. The van der Waals surface area contributed by atoms with Crippen LogP contribution in [0.1, 0.15) is 21.7 Å². The van der Waals surface area contributed by atoms with Gasteiger partial charge in [0.15, 0.2) is 10.9 Å². The van der Waals surface area contributed by atoms with Gasteiger partial charge in [0.1, 0.15) is 5.75 Å². The lowest BCUT2D eigenvalue weighted by atomic mass is 10.2. The molecule has 0 radical (unpaired) electrons. The number of carbonyl (C=O) groups excluding carboxylic acids is 1. The first-order chi connectivity index (χ1) is 14.4. The van der Waals surface area contributed by atoms with Gasteiger partial charge in [-0.05, 0) is 56.3 Å². The standard InChI is InChI=1S/C22H19F2N3O2S/c1-13-11-17(14(2)27(13)15-7-9-16(10-8-15)29-21(23)24)20(28)12-30-22-25-18-5-3-4-6-19(18)26-22/h3-11,21H,12H2,1-2H3,(H,25,26). The van der Waals surface area contributed by atoms with Gasteiger partial charge in [0, 0.05) is 22.6 Å². The highest BCUT2D eigenvalue weighted by atomic mass is 32.2. The molecule has 2 aromatic heterocycles. The van der Waals surface area contributed by atoms with E-state index in [2.05, 4.69) is 14.7 Å². The Labute approximate surface area is 176 Å². The fraction of sp³-hybridized carbons (Fsp3) is 0.182. The second kappa shape index (κ2) is 8.31. The van der Waals surface area contributed by atoms with Crippen molar-refractivity contribution >= 4 is 28.6 Å². The van der Waals surface area contributed by atoms with Gasteiger partial charge < -0.3 is 14.3 Å². The molecular formula is C22H19F2N3O2S. The highest BCUT2D eigenvalue weighted by Gasteiger charge is 2.18. The quantitative estimate of drug-likeness (QED) is 0.310. The number of fused-ring (bicyclic) bond motifs is 1. The summed E-state index contributed by atoms with van der Waals surface area (Å²) < 4.78 is 31.0. The molecule has 0 unspecified atom stereocenters. The zero-order chi connectivity index (χ0) is 21.3. The second-order valence-electron chi connectivity index (χ2n) is 6.76. The summed E-state index contributed by atoms with van der Waals surface area (Å²) in [6.45, 7) is 0.912. The molecule has 0 spiro atoms. The summed E-state index contributed by atoms with van der Waals surface area (Å²) in [5.74, 6) is 0.345. The van der Waals surface area contributed by atoms with Crippen LogP contribution in [-0.4, -0.2) is 32.7 Å². The number of ether oxygens (including phenoxy) is 1. The summed E-state index contributed by atoms with van der Waals surface area (Å²) >= 11 is 1.36. The number of para-hydroxylation sites is 2. The zero-order valence-electron chi connectivity index (χ0n) is 16.4. The summed E-state index contributed by atoms with van der Waals surface area (Å²) in [7, 11) is 0. The minimum absolute atomic E-state index is 0.00235. The number of alkyl halides is 2. The van der Waals surface area contributed by atoms with E-state index in [1.165, 1.54) is 23.9 Å². The molecule has 0 bridgehead atoms. The third-order valence-corrected chi connectivity index (χ3v) is 5.63. The highest BCUT2D eigenvalue weighted by molar-refractivity contribution is 7.99. The number of aryl methyl sites for hydroxylation is 1. The van der Waals surface area contributed by atoms with Gasteiger partial charge in [-0.25, -0.2) is 4.98 Å². The third kappa shape index (κ3) is 4.09. The van der Waals surface area contributed by atoms with Crippen molar-refractivity contribution in [3.05, 3.63) is 71.5 Å². The first-order valence-corrected chi connectivity index (χ1v) is 10.3. The van der Waals surface area contributed by atoms with Crippen LogP contribution >= 0.6 is 11.8 Å². The lowest BCUT2D eigenvalue weighted by molar-refractivity contribution is -0.0498. The average Bonchev–Trinajstić information content (AvgIpc) is 3.26. The maximum Gasteiger partial charge on any atom is 0.387 e. The predicted molar refractivity (Wildman–Crippen MR) is 113 cm³/mol. The van der Waals surface area contributed by atoms with E-state index < -0.39 is 6.61 Å². The van der Waals surface area contributed by atoms with E-state index in [1.54, 1.807) is 12.1 Å². The monoisotopic (exact) mass is 427 g/mol. The second-order valence-corrected chi connectivity index (χ2v) is 7.73. The maximum atomic E-state index is 12.8. The number of carbonyl (C=O) groups is 1. The molecule has 154 valence electrons. The Kier molecular flexibility index (Phi) is 5.59. The smallest absolute Gasteiger partial charge is 0.387 e. The van der Waals surface area contributed by atoms with Crippen LogP contribution < -0.4 is 4.74 Å². The van der Waals surface area contributed by atoms with E-state index in [1.807, 2.05) is 48.7 Å². The Morgan fingerprint density at radius 1 is 1.17 bits per heavy atom. The SMILES string of the molecule is Cc1cc(C(=O)CSc2nc3ccccc3[nH]2)c(C)n1-c1ccc(OC(F)F)cc1. The van der Waals surface area contributed by atoms with Crippen molar-refractivity contribution in [2.75, 3.05) is 5.75 Å². The van der Waals surface area contributed by atoms with Crippen LogP contribution in [0.3, 0.4) is 0 Å². The van der Waals surface area contributed by atoms with Crippen molar-refractivity contribution in [2.24, 2.45) is 0 Å². The molecule has 5 nitrogen and oxygen atoms in total. The van der Waals surface area contributed by atoms with Gasteiger partial charge in [0.25, 0.3) is 0 Å². The summed E-state index contributed by atoms with van der Waals surface area (Å²) in [5, 5.41) is 0.702. The lowest BCUT2D eigenvalue weighted by Crippen LogP contribution is -2.06. The summed E-state index contributed by atoms with van der Waals surface area (Å²) in [6, 6.07) is 15.9. The van der Waals surface area contributed by atoms with Gasteiger partial charge >= 0.3 is 6.61 Å². The molecule has 0 aliphatic rings. The number of hydrogen-bond acceptors (Lipinski definition) is 4. The van der Waals surface area contributed by atoms with Crippen LogP contribution in [0, 0.1) is 13.8 Å².